The lowest BCUT2D eigenvalue weighted by atomic mass is 10.0. The second-order valence-corrected chi connectivity index (χ2v) is 3.90. The zero-order valence-corrected chi connectivity index (χ0v) is 11.2. The van der Waals surface area contributed by atoms with Gasteiger partial charge in [-0.05, 0) is 26.3 Å². The van der Waals surface area contributed by atoms with Gasteiger partial charge in [0, 0.05) is 24.4 Å². The Hall–Kier alpha value is -1.45. The number of carbonyl (C=O) groups excluding carboxylic acids is 1. The molecule has 1 rings (SSSR count). The molecule has 0 amide bonds. The van der Waals surface area contributed by atoms with Crippen LogP contribution in [0.1, 0.15) is 36.7 Å². The molecule has 0 atom stereocenters. The fraction of sp³-hybridized carbons (Fsp3) is 0.400. The van der Waals surface area contributed by atoms with Gasteiger partial charge in [0.2, 0.25) is 0 Å². The number of rotatable bonds is 7. The summed E-state index contributed by atoms with van der Waals surface area (Å²) in [5, 5.41) is 0. The molecule has 0 bridgehead atoms. The average Bonchev–Trinajstić information content (AvgIpc) is 2.38. The lowest BCUT2D eigenvalue weighted by Crippen LogP contribution is -2.18. The zero-order valence-electron chi connectivity index (χ0n) is 11.2. The molecule has 98 valence electrons. The predicted molar refractivity (Wildman–Crippen MR) is 72.5 cm³/mol. The number of ketones is 1. The molecule has 0 fully saturated rings. The molecule has 3 nitrogen and oxygen atoms in total. The van der Waals surface area contributed by atoms with Gasteiger partial charge in [0.25, 0.3) is 0 Å². The minimum atomic E-state index is -0.428. The van der Waals surface area contributed by atoms with Crippen molar-refractivity contribution in [3.63, 3.8) is 0 Å². The van der Waals surface area contributed by atoms with Gasteiger partial charge in [-0.1, -0.05) is 30.8 Å². The fourth-order valence-electron chi connectivity index (χ4n) is 1.61. The van der Waals surface area contributed by atoms with Gasteiger partial charge < -0.3 is 9.47 Å². The summed E-state index contributed by atoms with van der Waals surface area (Å²) in [6.07, 6.45) is -0.428. The molecule has 18 heavy (non-hydrogen) atoms. The van der Waals surface area contributed by atoms with E-state index in [0.717, 1.165) is 11.1 Å². The topological polar surface area (TPSA) is 35.5 Å². The minimum Gasteiger partial charge on any atom is -0.349 e. The first-order valence-corrected chi connectivity index (χ1v) is 6.13. The van der Waals surface area contributed by atoms with Gasteiger partial charge in [-0.3, -0.25) is 4.79 Å². The smallest absolute Gasteiger partial charge is 0.183 e. The number of hydrogen-bond acceptors (Lipinski definition) is 3. The van der Waals surface area contributed by atoms with E-state index in [4.69, 9.17) is 9.47 Å². The summed E-state index contributed by atoms with van der Waals surface area (Å²) in [5.41, 5.74) is 2.39. The molecule has 0 aliphatic carbocycles. The van der Waals surface area contributed by atoms with E-state index < -0.39 is 6.29 Å². The van der Waals surface area contributed by atoms with Crippen molar-refractivity contribution in [2.75, 3.05) is 13.2 Å². The van der Waals surface area contributed by atoms with Crippen molar-refractivity contribution in [2.24, 2.45) is 0 Å². The highest BCUT2D eigenvalue weighted by atomic mass is 16.7. The van der Waals surface area contributed by atoms with E-state index in [0.29, 0.717) is 18.8 Å². The SMILES string of the molecule is C=C(c1ccc(C(C)=O)cc1)C(OCC)OCC. The maximum Gasteiger partial charge on any atom is 0.183 e. The fourth-order valence-corrected chi connectivity index (χ4v) is 1.61. The van der Waals surface area contributed by atoms with Crippen LogP contribution in [0.25, 0.3) is 5.57 Å². The Morgan fingerprint density at radius 1 is 1.11 bits per heavy atom. The molecular formula is C15H20O3. The van der Waals surface area contributed by atoms with Crippen LogP contribution < -0.4 is 0 Å². The number of benzene rings is 1. The molecule has 0 saturated heterocycles. The van der Waals surface area contributed by atoms with E-state index in [-0.39, 0.29) is 5.78 Å². The molecule has 0 aromatic heterocycles. The molecule has 0 unspecified atom stereocenters. The maximum absolute atomic E-state index is 11.2. The van der Waals surface area contributed by atoms with Crippen molar-refractivity contribution in [3.05, 3.63) is 42.0 Å². The summed E-state index contributed by atoms with van der Waals surface area (Å²) in [4.78, 5) is 11.2. The van der Waals surface area contributed by atoms with Crippen LogP contribution in [0, 0.1) is 0 Å². The van der Waals surface area contributed by atoms with Crippen LogP contribution in [0.2, 0.25) is 0 Å². The molecule has 0 saturated carbocycles. The number of hydrogen-bond donors (Lipinski definition) is 0. The molecule has 0 aliphatic rings. The highest BCUT2D eigenvalue weighted by Gasteiger charge is 2.14. The van der Waals surface area contributed by atoms with Crippen LogP contribution in [-0.4, -0.2) is 25.3 Å². The van der Waals surface area contributed by atoms with E-state index in [1.165, 1.54) is 0 Å². The Morgan fingerprint density at radius 3 is 1.94 bits per heavy atom. The number of carbonyl (C=O) groups is 1. The standard InChI is InChI=1S/C15H20O3/c1-5-17-15(18-6-2)11(3)13-7-9-14(10-8-13)12(4)16/h7-10,15H,3,5-6H2,1-2,4H3. The highest BCUT2D eigenvalue weighted by molar-refractivity contribution is 5.94. The van der Waals surface area contributed by atoms with E-state index >= 15 is 0 Å². The van der Waals surface area contributed by atoms with Crippen molar-refractivity contribution >= 4 is 11.4 Å². The van der Waals surface area contributed by atoms with E-state index in [9.17, 15) is 4.79 Å². The Kier molecular flexibility index (Phi) is 5.75. The molecule has 1 aromatic carbocycles. The first-order chi connectivity index (χ1) is 8.60. The zero-order chi connectivity index (χ0) is 13.5. The third kappa shape index (κ3) is 3.79. The molecule has 1 aromatic rings. The van der Waals surface area contributed by atoms with Crippen LogP contribution in [0.3, 0.4) is 0 Å². The number of ether oxygens (including phenoxy) is 2. The summed E-state index contributed by atoms with van der Waals surface area (Å²) in [7, 11) is 0. The molecule has 0 radical (unpaired) electrons. The van der Waals surface area contributed by atoms with Crippen molar-refractivity contribution in [1.29, 1.82) is 0 Å². The summed E-state index contributed by atoms with van der Waals surface area (Å²) >= 11 is 0. The lowest BCUT2D eigenvalue weighted by Gasteiger charge is -2.19. The lowest BCUT2D eigenvalue weighted by molar-refractivity contribution is -0.0962. The van der Waals surface area contributed by atoms with Crippen molar-refractivity contribution in [2.45, 2.75) is 27.1 Å². The van der Waals surface area contributed by atoms with Gasteiger partial charge >= 0.3 is 0 Å². The first-order valence-electron chi connectivity index (χ1n) is 6.13. The van der Waals surface area contributed by atoms with E-state index in [2.05, 4.69) is 6.58 Å². The number of Topliss-reactive ketones (excluding diaryl/α,β-unsaturated/α-hetero) is 1. The van der Waals surface area contributed by atoms with Crippen LogP contribution in [0.15, 0.2) is 30.8 Å². The highest BCUT2D eigenvalue weighted by Crippen LogP contribution is 2.20. The average molecular weight is 248 g/mol. The Labute approximate surface area is 108 Å². The van der Waals surface area contributed by atoms with Gasteiger partial charge in [-0.25, -0.2) is 0 Å². The van der Waals surface area contributed by atoms with Crippen molar-refractivity contribution in [1.82, 2.24) is 0 Å². The Morgan fingerprint density at radius 2 is 1.56 bits per heavy atom. The van der Waals surface area contributed by atoms with Gasteiger partial charge in [0.1, 0.15) is 0 Å². The van der Waals surface area contributed by atoms with Gasteiger partial charge in [-0.15, -0.1) is 0 Å². The summed E-state index contributed by atoms with van der Waals surface area (Å²) < 4.78 is 11.0. The summed E-state index contributed by atoms with van der Waals surface area (Å²) in [5.74, 6) is 0.0540. The molecule has 3 heteroatoms. The minimum absolute atomic E-state index is 0.0540. The van der Waals surface area contributed by atoms with Gasteiger partial charge in [-0.2, -0.15) is 0 Å². The van der Waals surface area contributed by atoms with E-state index in [1.54, 1.807) is 19.1 Å². The summed E-state index contributed by atoms with van der Waals surface area (Å²) in [6, 6.07) is 7.31. The molecule has 0 N–H and O–H groups in total. The first kappa shape index (κ1) is 14.6. The molecule has 0 heterocycles. The molecule has 0 aliphatic heterocycles. The second kappa shape index (κ2) is 7.09. The predicted octanol–water partition coefficient (Wildman–Crippen LogP) is 3.30. The summed E-state index contributed by atoms with van der Waals surface area (Å²) in [6.45, 7) is 10.5. The van der Waals surface area contributed by atoms with Crippen LogP contribution >= 0.6 is 0 Å². The van der Waals surface area contributed by atoms with E-state index in [1.807, 2.05) is 26.0 Å². The van der Waals surface area contributed by atoms with Crippen LogP contribution in [0.4, 0.5) is 0 Å². The van der Waals surface area contributed by atoms with Gasteiger partial charge in [0.15, 0.2) is 12.1 Å². The Balaban J connectivity index is 2.84. The quantitative estimate of drug-likeness (QED) is 0.548. The molecular weight excluding hydrogens is 228 g/mol. The Bertz CT molecular complexity index is 400. The third-order valence-electron chi connectivity index (χ3n) is 2.58. The second-order valence-electron chi connectivity index (χ2n) is 3.90. The largest absolute Gasteiger partial charge is 0.349 e. The van der Waals surface area contributed by atoms with Crippen LogP contribution in [0.5, 0.6) is 0 Å². The van der Waals surface area contributed by atoms with Crippen molar-refractivity contribution < 1.29 is 14.3 Å². The van der Waals surface area contributed by atoms with Gasteiger partial charge in [0.05, 0.1) is 0 Å². The third-order valence-corrected chi connectivity index (χ3v) is 2.58. The normalized spacial score (nSPS) is 10.7. The van der Waals surface area contributed by atoms with Crippen molar-refractivity contribution in [3.8, 4) is 0 Å². The maximum atomic E-state index is 11.2. The monoisotopic (exact) mass is 248 g/mol. The van der Waals surface area contributed by atoms with Crippen LogP contribution in [-0.2, 0) is 9.47 Å². The molecule has 0 spiro atoms.